The number of rotatable bonds is 1. The highest BCUT2D eigenvalue weighted by Gasteiger charge is 2.62. The first kappa shape index (κ1) is 10.6. The zero-order valence-electron chi connectivity index (χ0n) is 10.3. The van der Waals surface area contributed by atoms with E-state index in [2.05, 4.69) is 19.3 Å². The number of carbonyl (C=O) groups excluding carboxylic acids is 1. The van der Waals surface area contributed by atoms with Crippen molar-refractivity contribution in [2.75, 3.05) is 0 Å². The second-order valence-corrected chi connectivity index (χ2v) is 7.38. The highest BCUT2D eigenvalue weighted by Crippen LogP contribution is 2.69. The van der Waals surface area contributed by atoms with Gasteiger partial charge in [0, 0.05) is 0 Å². The minimum absolute atomic E-state index is 0.0917. The maximum atomic E-state index is 12.1. The highest BCUT2D eigenvalue weighted by molar-refractivity contribution is 5.82. The van der Waals surface area contributed by atoms with Gasteiger partial charge in [-0.1, -0.05) is 13.8 Å². The van der Waals surface area contributed by atoms with Crippen molar-refractivity contribution >= 4 is 5.91 Å². The van der Waals surface area contributed by atoms with Gasteiger partial charge in [-0.2, -0.15) is 0 Å². The Morgan fingerprint density at radius 2 is 1.69 bits per heavy atom. The van der Waals surface area contributed by atoms with Gasteiger partial charge in [0.1, 0.15) is 0 Å². The third-order valence-electron chi connectivity index (χ3n) is 5.24. The van der Waals surface area contributed by atoms with Crippen molar-refractivity contribution in [1.29, 1.82) is 0 Å². The summed E-state index contributed by atoms with van der Waals surface area (Å²) in [6, 6.07) is 0. The molecule has 4 aliphatic rings. The summed E-state index contributed by atoms with van der Waals surface area (Å²) >= 11 is 0. The third-order valence-corrected chi connectivity index (χ3v) is 5.24. The summed E-state index contributed by atoms with van der Waals surface area (Å²) in [4.78, 5) is 12.1. The second kappa shape index (κ2) is 2.81. The van der Waals surface area contributed by atoms with Gasteiger partial charge in [0.2, 0.25) is 5.91 Å². The van der Waals surface area contributed by atoms with Gasteiger partial charge in [0.15, 0.2) is 0 Å². The predicted octanol–water partition coefficient (Wildman–Crippen LogP) is 1.97. The largest absolute Gasteiger partial charge is 0.294 e. The van der Waals surface area contributed by atoms with Crippen molar-refractivity contribution in [2.45, 2.75) is 52.4 Å². The van der Waals surface area contributed by atoms with Crippen LogP contribution in [0.4, 0.5) is 0 Å². The van der Waals surface area contributed by atoms with Crippen LogP contribution in [0.25, 0.3) is 0 Å². The summed E-state index contributed by atoms with van der Waals surface area (Å²) in [5.41, 5.74) is 3.06. The fraction of sp³-hybridized carbons (Fsp3) is 0.923. The van der Waals surface area contributed by atoms with Crippen molar-refractivity contribution in [1.82, 2.24) is 5.43 Å². The van der Waals surface area contributed by atoms with E-state index in [4.69, 9.17) is 5.84 Å². The smallest absolute Gasteiger partial charge is 0.240 e. The van der Waals surface area contributed by atoms with E-state index in [0.717, 1.165) is 25.2 Å². The van der Waals surface area contributed by atoms with E-state index in [-0.39, 0.29) is 11.3 Å². The lowest BCUT2D eigenvalue weighted by Gasteiger charge is -2.64. The molecule has 4 rings (SSSR count). The van der Waals surface area contributed by atoms with Gasteiger partial charge in [-0.15, -0.1) is 0 Å². The van der Waals surface area contributed by atoms with Gasteiger partial charge in [-0.3, -0.25) is 10.2 Å². The Balaban J connectivity index is 2.01. The molecular formula is C13H22N2O. The summed E-state index contributed by atoms with van der Waals surface area (Å²) in [7, 11) is 0. The van der Waals surface area contributed by atoms with Crippen LogP contribution in [-0.2, 0) is 4.79 Å². The van der Waals surface area contributed by atoms with Crippen LogP contribution >= 0.6 is 0 Å². The zero-order valence-corrected chi connectivity index (χ0v) is 10.3. The minimum atomic E-state index is -0.141. The van der Waals surface area contributed by atoms with E-state index >= 15 is 0 Å². The Bertz CT molecular complexity index is 334. The standard InChI is InChI=1S/C13H22N2O/c1-11-3-9-4-12(2,6-11)8-13(5-9,7-11)10(16)15-14/h9H,3-8,14H2,1-2H3,(H,15,16)/t9?,11-,12+,13?. The van der Waals surface area contributed by atoms with E-state index in [0.29, 0.717) is 10.8 Å². The molecular weight excluding hydrogens is 200 g/mol. The van der Waals surface area contributed by atoms with E-state index in [9.17, 15) is 4.79 Å². The van der Waals surface area contributed by atoms with Crippen molar-refractivity contribution in [3.63, 3.8) is 0 Å². The number of nitrogens with one attached hydrogen (secondary N) is 1. The van der Waals surface area contributed by atoms with Crippen LogP contribution in [0.3, 0.4) is 0 Å². The van der Waals surface area contributed by atoms with E-state index < -0.39 is 0 Å². The molecule has 4 saturated carbocycles. The lowest BCUT2D eigenvalue weighted by molar-refractivity contribution is -0.170. The van der Waals surface area contributed by atoms with Crippen molar-refractivity contribution < 1.29 is 4.79 Å². The maximum absolute atomic E-state index is 12.1. The van der Waals surface area contributed by atoms with Crippen molar-refractivity contribution in [3.8, 4) is 0 Å². The molecule has 3 heteroatoms. The second-order valence-electron chi connectivity index (χ2n) is 7.38. The lowest BCUT2D eigenvalue weighted by atomic mass is 9.40. The minimum Gasteiger partial charge on any atom is -0.294 e. The molecule has 4 fully saturated rings. The van der Waals surface area contributed by atoms with Gasteiger partial charge in [0.05, 0.1) is 5.41 Å². The van der Waals surface area contributed by atoms with Gasteiger partial charge < -0.3 is 0 Å². The van der Waals surface area contributed by atoms with Crippen molar-refractivity contribution in [3.05, 3.63) is 0 Å². The fourth-order valence-corrected chi connectivity index (χ4v) is 5.85. The van der Waals surface area contributed by atoms with Gasteiger partial charge >= 0.3 is 0 Å². The summed E-state index contributed by atoms with van der Waals surface area (Å²) in [5, 5.41) is 0. The molecule has 90 valence electrons. The predicted molar refractivity (Wildman–Crippen MR) is 62.2 cm³/mol. The number of hydrogen-bond donors (Lipinski definition) is 2. The number of nitrogens with two attached hydrogens (primary N) is 1. The van der Waals surface area contributed by atoms with Crippen LogP contribution in [-0.4, -0.2) is 5.91 Å². The van der Waals surface area contributed by atoms with Gasteiger partial charge in [-0.25, -0.2) is 5.84 Å². The molecule has 4 atom stereocenters. The van der Waals surface area contributed by atoms with Gasteiger partial charge in [0.25, 0.3) is 0 Å². The Hall–Kier alpha value is -0.570. The Kier molecular flexibility index (Phi) is 1.86. The number of hydrazine groups is 1. The first-order valence-corrected chi connectivity index (χ1v) is 6.40. The highest BCUT2D eigenvalue weighted by atomic mass is 16.2. The molecule has 3 nitrogen and oxygen atoms in total. The Morgan fingerprint density at radius 1 is 1.12 bits per heavy atom. The summed E-state index contributed by atoms with van der Waals surface area (Å²) in [6.45, 7) is 4.74. The number of amides is 1. The molecule has 0 aromatic rings. The summed E-state index contributed by atoms with van der Waals surface area (Å²) in [5.74, 6) is 6.23. The van der Waals surface area contributed by atoms with Crippen LogP contribution in [0.15, 0.2) is 0 Å². The molecule has 0 radical (unpaired) electrons. The van der Waals surface area contributed by atoms with Crippen LogP contribution in [0, 0.1) is 22.2 Å². The lowest BCUT2D eigenvalue weighted by Crippen LogP contribution is -2.60. The first-order chi connectivity index (χ1) is 7.39. The molecule has 0 aromatic carbocycles. The average molecular weight is 222 g/mol. The normalized spacial score (nSPS) is 54.1. The Labute approximate surface area is 97.1 Å². The molecule has 0 spiro atoms. The molecule has 3 N–H and O–H groups in total. The topological polar surface area (TPSA) is 55.1 Å². The van der Waals surface area contributed by atoms with E-state index in [1.807, 2.05) is 0 Å². The number of hydrogen-bond acceptors (Lipinski definition) is 2. The zero-order chi connectivity index (χ0) is 11.6. The fourth-order valence-electron chi connectivity index (χ4n) is 5.85. The third kappa shape index (κ3) is 1.27. The van der Waals surface area contributed by atoms with Crippen LogP contribution < -0.4 is 11.3 Å². The molecule has 16 heavy (non-hydrogen) atoms. The molecule has 0 aromatic heterocycles. The van der Waals surface area contributed by atoms with Crippen LogP contribution in [0.2, 0.25) is 0 Å². The molecule has 4 bridgehead atoms. The van der Waals surface area contributed by atoms with Crippen LogP contribution in [0.5, 0.6) is 0 Å². The SMILES string of the molecule is C[C@]12CC3CC(C(=O)NN)(C1)C[C@@](C)(C3)C2. The van der Waals surface area contributed by atoms with Crippen molar-refractivity contribution in [2.24, 2.45) is 28.0 Å². The van der Waals surface area contributed by atoms with E-state index in [1.165, 1.54) is 19.3 Å². The molecule has 4 aliphatic carbocycles. The summed E-state index contributed by atoms with van der Waals surface area (Å²) < 4.78 is 0. The average Bonchev–Trinajstić information content (AvgIpc) is 2.10. The van der Waals surface area contributed by atoms with E-state index in [1.54, 1.807) is 0 Å². The van der Waals surface area contributed by atoms with Gasteiger partial charge in [-0.05, 0) is 55.3 Å². The molecule has 2 unspecified atom stereocenters. The number of carbonyl (C=O) groups is 1. The summed E-state index contributed by atoms with van der Waals surface area (Å²) in [6.07, 6.45) is 7.12. The van der Waals surface area contributed by atoms with Crippen LogP contribution in [0.1, 0.15) is 52.4 Å². The molecule has 0 saturated heterocycles. The first-order valence-electron chi connectivity index (χ1n) is 6.40. The Morgan fingerprint density at radius 3 is 2.12 bits per heavy atom. The molecule has 1 amide bonds. The molecule has 0 aliphatic heterocycles. The molecule has 0 heterocycles. The maximum Gasteiger partial charge on any atom is 0.240 e. The monoisotopic (exact) mass is 222 g/mol. The quantitative estimate of drug-likeness (QED) is 0.405.